The van der Waals surface area contributed by atoms with E-state index in [1.54, 1.807) is 21.3 Å². The molecule has 1 fully saturated rings. The fourth-order valence-electron chi connectivity index (χ4n) is 4.57. The minimum absolute atomic E-state index is 0.000288. The molecule has 1 aliphatic rings. The number of para-hydroxylation sites is 1. The van der Waals surface area contributed by atoms with Gasteiger partial charge in [-0.05, 0) is 30.0 Å². The average molecular weight is 441 g/mol. The van der Waals surface area contributed by atoms with Gasteiger partial charge in [0.15, 0.2) is 0 Å². The van der Waals surface area contributed by atoms with Gasteiger partial charge in [0.1, 0.15) is 12.4 Å². The molecule has 3 rings (SSSR count). The number of likely N-dealkylation sites (tertiary alicyclic amines) is 1. The average Bonchev–Trinajstić information content (AvgIpc) is 3.20. The number of methoxy groups -OCH3 is 3. The van der Waals surface area contributed by atoms with Gasteiger partial charge in [-0.1, -0.05) is 48.0 Å². The third-order valence-corrected chi connectivity index (χ3v) is 6.22. The lowest BCUT2D eigenvalue weighted by atomic mass is 9.88. The third kappa shape index (κ3) is 6.31. The lowest BCUT2D eigenvalue weighted by molar-refractivity contribution is -0.136. The van der Waals surface area contributed by atoms with Crippen molar-refractivity contribution >= 4 is 5.91 Å². The fraction of sp³-hybridized carbons (Fsp3) is 0.500. The highest BCUT2D eigenvalue weighted by Gasteiger charge is 2.37. The van der Waals surface area contributed by atoms with E-state index in [2.05, 4.69) is 48.2 Å². The van der Waals surface area contributed by atoms with Crippen LogP contribution in [0, 0.1) is 12.8 Å². The van der Waals surface area contributed by atoms with E-state index in [0.717, 1.165) is 25.4 Å². The first-order valence-corrected chi connectivity index (χ1v) is 11.2. The Morgan fingerprint density at radius 2 is 1.78 bits per heavy atom. The number of benzene rings is 2. The Morgan fingerprint density at radius 3 is 2.47 bits per heavy atom. The number of rotatable bonds is 11. The minimum atomic E-state index is 0.000288. The van der Waals surface area contributed by atoms with Crippen LogP contribution in [0.2, 0.25) is 0 Å². The number of amides is 1. The van der Waals surface area contributed by atoms with Crippen LogP contribution in [0.25, 0.3) is 0 Å². The molecule has 0 bridgehead atoms. The van der Waals surface area contributed by atoms with Gasteiger partial charge in [0.2, 0.25) is 5.91 Å². The van der Waals surface area contributed by atoms with Crippen LogP contribution in [0.4, 0.5) is 0 Å². The summed E-state index contributed by atoms with van der Waals surface area (Å²) in [5, 5.41) is 0. The van der Waals surface area contributed by atoms with Gasteiger partial charge < -0.3 is 19.1 Å². The van der Waals surface area contributed by atoms with E-state index < -0.39 is 0 Å². The quantitative estimate of drug-likeness (QED) is 0.536. The van der Waals surface area contributed by atoms with Crippen LogP contribution in [0.15, 0.2) is 48.5 Å². The summed E-state index contributed by atoms with van der Waals surface area (Å²) in [6, 6.07) is 17.0. The number of hydrogen-bond acceptors (Lipinski definition) is 5. The molecule has 0 unspecified atom stereocenters. The molecule has 6 heteroatoms. The predicted octanol–water partition coefficient (Wildman–Crippen LogP) is 3.34. The monoisotopic (exact) mass is 440 g/mol. The normalized spacial score (nSPS) is 18.6. The Hall–Kier alpha value is -2.41. The molecule has 1 heterocycles. The zero-order chi connectivity index (χ0) is 22.9. The summed E-state index contributed by atoms with van der Waals surface area (Å²) < 4.78 is 16.1. The summed E-state index contributed by atoms with van der Waals surface area (Å²) in [5.74, 6) is 1.47. The highest BCUT2D eigenvalue weighted by atomic mass is 16.5. The van der Waals surface area contributed by atoms with Crippen molar-refractivity contribution in [1.82, 2.24) is 9.80 Å². The molecule has 2 atom stereocenters. The molecular formula is C26H36N2O4. The lowest BCUT2D eigenvalue weighted by Crippen LogP contribution is -2.41. The Bertz CT molecular complexity index is 855. The van der Waals surface area contributed by atoms with Gasteiger partial charge in [-0.15, -0.1) is 0 Å². The molecule has 32 heavy (non-hydrogen) atoms. The molecule has 0 aromatic heterocycles. The second-order valence-corrected chi connectivity index (χ2v) is 8.55. The van der Waals surface area contributed by atoms with Crippen molar-refractivity contribution in [2.24, 2.45) is 5.92 Å². The molecule has 1 amide bonds. The van der Waals surface area contributed by atoms with E-state index in [1.807, 2.05) is 17.0 Å². The SMILES string of the molecule is COCCN(C[C@H]1CN(Cc2ccc(C)cc2)C[C@H]1c1ccccc1OC)C(=O)COC. The van der Waals surface area contributed by atoms with Crippen LogP contribution in [0.3, 0.4) is 0 Å². The molecule has 0 aliphatic carbocycles. The van der Waals surface area contributed by atoms with Gasteiger partial charge in [-0.3, -0.25) is 9.69 Å². The molecule has 174 valence electrons. The maximum atomic E-state index is 12.7. The Morgan fingerprint density at radius 1 is 1.03 bits per heavy atom. The molecule has 0 radical (unpaired) electrons. The first-order valence-electron chi connectivity index (χ1n) is 11.2. The van der Waals surface area contributed by atoms with E-state index in [0.29, 0.717) is 19.7 Å². The van der Waals surface area contributed by atoms with Crippen LogP contribution in [-0.4, -0.2) is 76.4 Å². The summed E-state index contributed by atoms with van der Waals surface area (Å²) in [4.78, 5) is 17.1. The zero-order valence-electron chi connectivity index (χ0n) is 19.8. The summed E-state index contributed by atoms with van der Waals surface area (Å²) >= 11 is 0. The highest BCUT2D eigenvalue weighted by Crippen LogP contribution is 2.38. The molecule has 0 N–H and O–H groups in total. The Labute approximate surface area is 192 Å². The molecule has 2 aromatic rings. The Kier molecular flexibility index (Phi) is 9.09. The summed E-state index contributed by atoms with van der Waals surface area (Å²) in [6.45, 7) is 6.67. The van der Waals surface area contributed by atoms with Crippen LogP contribution < -0.4 is 4.74 Å². The number of carbonyl (C=O) groups excluding carboxylic acids is 1. The number of carbonyl (C=O) groups is 1. The second-order valence-electron chi connectivity index (χ2n) is 8.55. The van der Waals surface area contributed by atoms with Crippen LogP contribution in [-0.2, 0) is 20.8 Å². The van der Waals surface area contributed by atoms with Crippen LogP contribution in [0.5, 0.6) is 5.75 Å². The standard InChI is InChI=1S/C26H36N2O4/c1-20-9-11-21(12-10-20)15-27-16-22(17-28(13-14-30-2)26(29)19-31-3)24(18-27)23-7-5-6-8-25(23)32-4/h5-12,22,24H,13-19H2,1-4H3/t22-,24-/m1/s1. The van der Waals surface area contributed by atoms with Crippen molar-refractivity contribution in [1.29, 1.82) is 0 Å². The first kappa shape index (κ1) is 24.2. The van der Waals surface area contributed by atoms with Gasteiger partial charge >= 0.3 is 0 Å². The summed E-state index contributed by atoms with van der Waals surface area (Å²) in [6.07, 6.45) is 0. The number of hydrogen-bond donors (Lipinski definition) is 0. The van der Waals surface area contributed by atoms with Crippen molar-refractivity contribution in [2.75, 3.05) is 60.7 Å². The van der Waals surface area contributed by atoms with Gasteiger partial charge in [-0.25, -0.2) is 0 Å². The smallest absolute Gasteiger partial charge is 0.248 e. The van der Waals surface area contributed by atoms with Gasteiger partial charge in [0.05, 0.1) is 13.7 Å². The summed E-state index contributed by atoms with van der Waals surface area (Å²) in [5.41, 5.74) is 3.78. The molecule has 6 nitrogen and oxygen atoms in total. The van der Waals surface area contributed by atoms with E-state index in [-0.39, 0.29) is 24.3 Å². The number of aryl methyl sites for hydroxylation is 1. The van der Waals surface area contributed by atoms with Crippen molar-refractivity contribution in [3.63, 3.8) is 0 Å². The molecule has 2 aromatic carbocycles. The predicted molar refractivity (Wildman–Crippen MR) is 126 cm³/mol. The van der Waals surface area contributed by atoms with E-state index >= 15 is 0 Å². The summed E-state index contributed by atoms with van der Waals surface area (Å²) in [7, 11) is 4.94. The molecule has 1 aliphatic heterocycles. The first-order chi connectivity index (χ1) is 15.5. The van der Waals surface area contributed by atoms with Crippen molar-refractivity contribution in [3.05, 3.63) is 65.2 Å². The van der Waals surface area contributed by atoms with E-state index in [9.17, 15) is 4.79 Å². The maximum Gasteiger partial charge on any atom is 0.248 e. The van der Waals surface area contributed by atoms with Crippen molar-refractivity contribution in [2.45, 2.75) is 19.4 Å². The topological polar surface area (TPSA) is 51.2 Å². The molecule has 0 spiro atoms. The molecular weight excluding hydrogens is 404 g/mol. The van der Waals surface area contributed by atoms with Crippen molar-refractivity contribution in [3.8, 4) is 5.75 Å². The number of ether oxygens (including phenoxy) is 3. The maximum absolute atomic E-state index is 12.7. The lowest BCUT2D eigenvalue weighted by Gasteiger charge is -2.29. The van der Waals surface area contributed by atoms with Gasteiger partial charge in [-0.2, -0.15) is 0 Å². The highest BCUT2D eigenvalue weighted by molar-refractivity contribution is 5.77. The minimum Gasteiger partial charge on any atom is -0.496 e. The fourth-order valence-corrected chi connectivity index (χ4v) is 4.57. The third-order valence-electron chi connectivity index (χ3n) is 6.22. The molecule has 0 saturated carbocycles. The number of nitrogens with zero attached hydrogens (tertiary/aromatic N) is 2. The van der Waals surface area contributed by atoms with Crippen molar-refractivity contribution < 1.29 is 19.0 Å². The zero-order valence-corrected chi connectivity index (χ0v) is 19.8. The van der Waals surface area contributed by atoms with E-state index in [4.69, 9.17) is 14.2 Å². The van der Waals surface area contributed by atoms with Crippen LogP contribution in [0.1, 0.15) is 22.6 Å². The molecule has 1 saturated heterocycles. The van der Waals surface area contributed by atoms with E-state index in [1.165, 1.54) is 16.7 Å². The Balaban J connectivity index is 1.83. The largest absolute Gasteiger partial charge is 0.496 e. The van der Waals surface area contributed by atoms with Crippen LogP contribution >= 0.6 is 0 Å². The van der Waals surface area contributed by atoms with Gasteiger partial charge in [0.25, 0.3) is 0 Å². The van der Waals surface area contributed by atoms with Gasteiger partial charge in [0, 0.05) is 52.9 Å². The second kappa shape index (κ2) is 12.0.